The van der Waals surface area contributed by atoms with Crippen LogP contribution in [0.5, 0.6) is 0 Å². The third-order valence-electron chi connectivity index (χ3n) is 3.98. The second-order valence-electron chi connectivity index (χ2n) is 5.22. The Bertz CT molecular complexity index is 486. The standard InChI is InChI=1S/C14H20N4/c1-17-12(9-14(15)16-17)10-18-8-4-6-11-5-2-3-7-13(11)18/h2-3,5,7,9,11,13H,4,6,8,10H2,1H3,(H2,15,16)/t11-,13+/m0/s1. The Balaban J connectivity index is 1.77. The van der Waals surface area contributed by atoms with Crippen molar-refractivity contribution in [3.8, 4) is 0 Å². The molecule has 0 spiro atoms. The first-order valence-corrected chi connectivity index (χ1v) is 6.61. The number of piperidine rings is 1. The lowest BCUT2D eigenvalue weighted by atomic mass is 9.86. The predicted molar refractivity (Wildman–Crippen MR) is 72.8 cm³/mol. The van der Waals surface area contributed by atoms with Gasteiger partial charge in [0, 0.05) is 25.7 Å². The molecule has 1 aliphatic carbocycles. The molecule has 1 aliphatic heterocycles. The number of rotatable bonds is 2. The van der Waals surface area contributed by atoms with Gasteiger partial charge in [0.1, 0.15) is 5.82 Å². The predicted octanol–water partition coefficient (Wildman–Crippen LogP) is 1.71. The van der Waals surface area contributed by atoms with E-state index in [0.29, 0.717) is 17.8 Å². The number of nitrogens with zero attached hydrogens (tertiary/aromatic N) is 3. The monoisotopic (exact) mass is 244 g/mol. The molecular weight excluding hydrogens is 224 g/mol. The van der Waals surface area contributed by atoms with Gasteiger partial charge in [-0.25, -0.2) is 0 Å². The maximum Gasteiger partial charge on any atom is 0.145 e. The summed E-state index contributed by atoms with van der Waals surface area (Å²) in [6, 6.07) is 2.52. The molecule has 96 valence electrons. The molecule has 2 N–H and O–H groups in total. The molecular formula is C14H20N4. The summed E-state index contributed by atoms with van der Waals surface area (Å²) in [7, 11) is 1.96. The molecule has 0 saturated carbocycles. The SMILES string of the molecule is Cn1nc(N)cc1CN1CCC[C@@H]2C=CC=C[C@H]21. The van der Waals surface area contributed by atoms with E-state index in [2.05, 4.69) is 34.3 Å². The van der Waals surface area contributed by atoms with Gasteiger partial charge in [-0.2, -0.15) is 5.10 Å². The van der Waals surface area contributed by atoms with Crippen molar-refractivity contribution < 1.29 is 0 Å². The van der Waals surface area contributed by atoms with Gasteiger partial charge in [0.15, 0.2) is 0 Å². The van der Waals surface area contributed by atoms with Crippen LogP contribution in [0.4, 0.5) is 5.82 Å². The quantitative estimate of drug-likeness (QED) is 0.861. The number of nitrogen functional groups attached to an aromatic ring is 1. The molecule has 2 heterocycles. The third kappa shape index (κ3) is 2.08. The first kappa shape index (κ1) is 11.5. The summed E-state index contributed by atoms with van der Waals surface area (Å²) in [6.07, 6.45) is 11.6. The molecule has 4 nitrogen and oxygen atoms in total. The normalized spacial score (nSPS) is 27.4. The molecule has 0 unspecified atom stereocenters. The topological polar surface area (TPSA) is 47.1 Å². The number of fused-ring (bicyclic) bond motifs is 1. The van der Waals surface area contributed by atoms with E-state index in [9.17, 15) is 0 Å². The molecule has 0 amide bonds. The van der Waals surface area contributed by atoms with Crippen LogP contribution >= 0.6 is 0 Å². The maximum atomic E-state index is 5.74. The van der Waals surface area contributed by atoms with Gasteiger partial charge in [-0.05, 0) is 25.3 Å². The zero-order chi connectivity index (χ0) is 12.5. The highest BCUT2D eigenvalue weighted by Crippen LogP contribution is 2.29. The molecule has 0 bridgehead atoms. The minimum Gasteiger partial charge on any atom is -0.382 e. The summed E-state index contributed by atoms with van der Waals surface area (Å²) in [4.78, 5) is 2.53. The van der Waals surface area contributed by atoms with Crippen LogP contribution in [0.1, 0.15) is 18.5 Å². The largest absolute Gasteiger partial charge is 0.382 e. The van der Waals surface area contributed by atoms with E-state index in [1.54, 1.807) is 0 Å². The first-order chi connectivity index (χ1) is 8.74. The summed E-state index contributed by atoms with van der Waals surface area (Å²) < 4.78 is 1.89. The molecule has 2 aliphatic rings. The molecule has 3 rings (SSSR count). The third-order valence-corrected chi connectivity index (χ3v) is 3.98. The number of likely N-dealkylation sites (tertiary alicyclic amines) is 1. The van der Waals surface area contributed by atoms with Gasteiger partial charge < -0.3 is 5.73 Å². The Morgan fingerprint density at radius 2 is 2.22 bits per heavy atom. The van der Waals surface area contributed by atoms with Crippen LogP contribution in [-0.2, 0) is 13.6 Å². The van der Waals surface area contributed by atoms with Crippen molar-refractivity contribution in [1.82, 2.24) is 14.7 Å². The van der Waals surface area contributed by atoms with Crippen molar-refractivity contribution in [2.45, 2.75) is 25.4 Å². The number of hydrogen-bond donors (Lipinski definition) is 1. The molecule has 0 aromatic carbocycles. The fourth-order valence-corrected chi connectivity index (χ4v) is 3.05. The highest BCUT2D eigenvalue weighted by molar-refractivity contribution is 5.29. The Labute approximate surface area is 108 Å². The highest BCUT2D eigenvalue weighted by Gasteiger charge is 2.29. The second-order valence-corrected chi connectivity index (χ2v) is 5.22. The number of aromatic nitrogens is 2. The molecule has 2 atom stereocenters. The van der Waals surface area contributed by atoms with Crippen LogP contribution < -0.4 is 5.73 Å². The minimum absolute atomic E-state index is 0.542. The fraction of sp³-hybridized carbons (Fsp3) is 0.500. The lowest BCUT2D eigenvalue weighted by Crippen LogP contribution is -2.43. The molecule has 1 saturated heterocycles. The molecule has 1 aromatic heterocycles. The number of allylic oxidation sites excluding steroid dienone is 2. The second kappa shape index (κ2) is 4.61. The summed E-state index contributed by atoms with van der Waals surface area (Å²) in [5, 5.41) is 4.22. The zero-order valence-electron chi connectivity index (χ0n) is 10.8. The van der Waals surface area contributed by atoms with Crippen LogP contribution in [-0.4, -0.2) is 27.3 Å². The first-order valence-electron chi connectivity index (χ1n) is 6.61. The van der Waals surface area contributed by atoms with E-state index >= 15 is 0 Å². The van der Waals surface area contributed by atoms with Gasteiger partial charge in [0.05, 0.1) is 5.69 Å². The van der Waals surface area contributed by atoms with E-state index in [4.69, 9.17) is 5.73 Å². The van der Waals surface area contributed by atoms with Crippen molar-refractivity contribution in [2.75, 3.05) is 12.3 Å². The summed E-state index contributed by atoms with van der Waals surface area (Å²) in [5.41, 5.74) is 6.93. The van der Waals surface area contributed by atoms with Crippen molar-refractivity contribution >= 4 is 5.82 Å². The molecule has 4 heteroatoms. The lowest BCUT2D eigenvalue weighted by Gasteiger charge is -2.39. The smallest absolute Gasteiger partial charge is 0.145 e. The van der Waals surface area contributed by atoms with Crippen molar-refractivity contribution in [3.05, 3.63) is 36.1 Å². The molecule has 1 aromatic rings. The molecule has 1 fully saturated rings. The van der Waals surface area contributed by atoms with E-state index in [0.717, 1.165) is 13.1 Å². The molecule has 18 heavy (non-hydrogen) atoms. The van der Waals surface area contributed by atoms with Crippen LogP contribution in [0.25, 0.3) is 0 Å². The number of anilines is 1. The van der Waals surface area contributed by atoms with Gasteiger partial charge in [0.2, 0.25) is 0 Å². The van der Waals surface area contributed by atoms with Crippen LogP contribution in [0.15, 0.2) is 30.4 Å². The van der Waals surface area contributed by atoms with Gasteiger partial charge in [0.25, 0.3) is 0 Å². The van der Waals surface area contributed by atoms with Crippen molar-refractivity contribution in [3.63, 3.8) is 0 Å². The summed E-state index contributed by atoms with van der Waals surface area (Å²) >= 11 is 0. The highest BCUT2D eigenvalue weighted by atomic mass is 15.3. The fourth-order valence-electron chi connectivity index (χ4n) is 3.05. The maximum absolute atomic E-state index is 5.74. The average molecular weight is 244 g/mol. The van der Waals surface area contributed by atoms with Gasteiger partial charge in [-0.1, -0.05) is 24.3 Å². The van der Waals surface area contributed by atoms with Crippen molar-refractivity contribution in [2.24, 2.45) is 13.0 Å². The van der Waals surface area contributed by atoms with Crippen LogP contribution in [0.2, 0.25) is 0 Å². The Morgan fingerprint density at radius 1 is 1.39 bits per heavy atom. The average Bonchev–Trinajstić information content (AvgIpc) is 2.68. The van der Waals surface area contributed by atoms with Crippen molar-refractivity contribution in [1.29, 1.82) is 0 Å². The van der Waals surface area contributed by atoms with E-state index in [-0.39, 0.29) is 0 Å². The number of hydrogen-bond acceptors (Lipinski definition) is 3. The Morgan fingerprint density at radius 3 is 3.00 bits per heavy atom. The lowest BCUT2D eigenvalue weighted by molar-refractivity contribution is 0.134. The number of aryl methyl sites for hydroxylation is 1. The summed E-state index contributed by atoms with van der Waals surface area (Å²) in [6.45, 7) is 2.09. The molecule has 0 radical (unpaired) electrons. The minimum atomic E-state index is 0.542. The van der Waals surface area contributed by atoms with Gasteiger partial charge in [-0.3, -0.25) is 9.58 Å². The Kier molecular flexibility index (Phi) is 2.96. The van der Waals surface area contributed by atoms with Crippen LogP contribution in [0, 0.1) is 5.92 Å². The van der Waals surface area contributed by atoms with Gasteiger partial charge in [-0.15, -0.1) is 0 Å². The van der Waals surface area contributed by atoms with E-state index < -0.39 is 0 Å². The Hall–Kier alpha value is -1.55. The van der Waals surface area contributed by atoms with Gasteiger partial charge >= 0.3 is 0 Å². The zero-order valence-corrected chi connectivity index (χ0v) is 10.8. The van der Waals surface area contributed by atoms with E-state index in [1.807, 2.05) is 17.8 Å². The number of nitrogens with two attached hydrogens (primary N) is 1. The summed E-state index contributed by atoms with van der Waals surface area (Å²) in [5.74, 6) is 1.29. The van der Waals surface area contributed by atoms with Crippen LogP contribution in [0.3, 0.4) is 0 Å². The van der Waals surface area contributed by atoms with E-state index in [1.165, 1.54) is 18.5 Å².